The summed E-state index contributed by atoms with van der Waals surface area (Å²) in [6.07, 6.45) is 5.73. The first-order chi connectivity index (χ1) is 15.7. The number of fused-ring (bicyclic) bond motifs is 4. The number of hydrogen-bond acceptors (Lipinski definition) is 3. The molecule has 6 nitrogen and oxygen atoms in total. The smallest absolute Gasteiger partial charge is 0.252 e. The summed E-state index contributed by atoms with van der Waals surface area (Å²) >= 11 is 5.93. The van der Waals surface area contributed by atoms with E-state index in [9.17, 15) is 18.4 Å². The molecule has 33 heavy (non-hydrogen) atoms. The van der Waals surface area contributed by atoms with E-state index in [2.05, 4.69) is 5.10 Å². The minimum atomic E-state index is -0.651. The van der Waals surface area contributed by atoms with E-state index in [-0.39, 0.29) is 40.5 Å². The highest BCUT2D eigenvalue weighted by molar-refractivity contribution is 6.31. The summed E-state index contributed by atoms with van der Waals surface area (Å²) in [6.45, 7) is 0.905. The number of halogens is 3. The van der Waals surface area contributed by atoms with Crippen LogP contribution in [-0.4, -0.2) is 39.7 Å². The number of benzene rings is 1. The zero-order chi connectivity index (χ0) is 23.4. The monoisotopic (exact) mass is 476 g/mol. The Hall–Kier alpha value is -2.48. The van der Waals surface area contributed by atoms with Crippen molar-refractivity contribution in [1.82, 2.24) is 14.7 Å². The SMILES string of the molecule is NC(=O)c1c(-c2ccc(F)c(Cl)c2)nn2c1CN(C(=O)CC13CCC(CF)(CC1)CC3)CC2. The maximum atomic E-state index is 13.6. The molecule has 2 N–H and O–H groups in total. The van der Waals surface area contributed by atoms with E-state index >= 15 is 0 Å². The summed E-state index contributed by atoms with van der Waals surface area (Å²) in [7, 11) is 0. The maximum Gasteiger partial charge on any atom is 0.252 e. The second-order valence-corrected chi connectivity index (χ2v) is 10.4. The van der Waals surface area contributed by atoms with Crippen molar-refractivity contribution in [2.24, 2.45) is 16.6 Å². The van der Waals surface area contributed by atoms with Crippen molar-refractivity contribution in [3.63, 3.8) is 0 Å². The molecule has 0 atom stereocenters. The molecule has 0 spiro atoms. The average molecular weight is 477 g/mol. The first-order valence-corrected chi connectivity index (χ1v) is 11.8. The number of amides is 2. The highest BCUT2D eigenvalue weighted by Gasteiger charge is 2.49. The zero-order valence-corrected chi connectivity index (χ0v) is 19.1. The van der Waals surface area contributed by atoms with Crippen LogP contribution in [-0.2, 0) is 17.9 Å². The summed E-state index contributed by atoms with van der Waals surface area (Å²) in [4.78, 5) is 27.4. The van der Waals surface area contributed by atoms with Crippen LogP contribution in [0.2, 0.25) is 5.02 Å². The molecule has 176 valence electrons. The Morgan fingerprint density at radius 1 is 1.09 bits per heavy atom. The third-order valence-electron chi connectivity index (χ3n) is 8.14. The quantitative estimate of drug-likeness (QED) is 0.690. The van der Waals surface area contributed by atoms with E-state index in [1.165, 1.54) is 18.2 Å². The number of primary amides is 1. The Balaban J connectivity index is 1.37. The van der Waals surface area contributed by atoms with Crippen LogP contribution in [0.15, 0.2) is 18.2 Å². The molecule has 0 saturated heterocycles. The Bertz CT molecular complexity index is 1110. The van der Waals surface area contributed by atoms with Crippen LogP contribution in [0.4, 0.5) is 8.78 Å². The van der Waals surface area contributed by atoms with Gasteiger partial charge in [-0.25, -0.2) is 4.39 Å². The first-order valence-electron chi connectivity index (χ1n) is 11.4. The van der Waals surface area contributed by atoms with Crippen molar-refractivity contribution in [1.29, 1.82) is 0 Å². The molecule has 0 unspecified atom stereocenters. The lowest BCUT2D eigenvalue weighted by molar-refractivity contribution is -0.138. The number of nitrogens with two attached hydrogens (primary N) is 1. The van der Waals surface area contributed by atoms with Gasteiger partial charge in [-0.1, -0.05) is 11.6 Å². The van der Waals surface area contributed by atoms with Gasteiger partial charge in [-0.05, 0) is 67.6 Å². The molecule has 1 aromatic carbocycles. The number of rotatable bonds is 5. The third-order valence-corrected chi connectivity index (χ3v) is 8.43. The second kappa shape index (κ2) is 8.08. The van der Waals surface area contributed by atoms with Crippen LogP contribution >= 0.6 is 11.6 Å². The van der Waals surface area contributed by atoms with E-state index in [1.807, 2.05) is 0 Å². The Labute approximate surface area is 196 Å². The molecule has 0 radical (unpaired) electrons. The molecule has 1 aliphatic heterocycles. The van der Waals surface area contributed by atoms with Gasteiger partial charge < -0.3 is 10.6 Å². The normalized spacial score (nSPS) is 26.3. The topological polar surface area (TPSA) is 81.2 Å². The Kier molecular flexibility index (Phi) is 5.46. The fraction of sp³-hybridized carbons (Fsp3) is 0.542. The highest BCUT2D eigenvalue weighted by Crippen LogP contribution is 2.58. The molecule has 3 aliphatic carbocycles. The lowest BCUT2D eigenvalue weighted by Gasteiger charge is -2.52. The van der Waals surface area contributed by atoms with Crippen molar-refractivity contribution >= 4 is 23.4 Å². The molecule has 2 aromatic rings. The van der Waals surface area contributed by atoms with E-state index in [1.54, 1.807) is 9.58 Å². The fourth-order valence-electron chi connectivity index (χ4n) is 5.87. The van der Waals surface area contributed by atoms with Gasteiger partial charge in [-0.2, -0.15) is 5.10 Å². The molecule has 1 aromatic heterocycles. The van der Waals surface area contributed by atoms with Gasteiger partial charge in [-0.15, -0.1) is 0 Å². The van der Waals surface area contributed by atoms with Crippen molar-refractivity contribution in [3.05, 3.63) is 40.3 Å². The number of nitrogens with zero attached hydrogens (tertiary/aromatic N) is 3. The van der Waals surface area contributed by atoms with Crippen molar-refractivity contribution in [2.75, 3.05) is 13.2 Å². The molecule has 4 aliphatic rings. The Morgan fingerprint density at radius 2 is 1.76 bits per heavy atom. The Morgan fingerprint density at radius 3 is 2.36 bits per heavy atom. The molecule has 6 rings (SSSR count). The summed E-state index contributed by atoms with van der Waals surface area (Å²) in [5.41, 5.74) is 7.16. The van der Waals surface area contributed by atoms with Crippen LogP contribution in [0.25, 0.3) is 11.3 Å². The average Bonchev–Trinajstić information content (AvgIpc) is 3.21. The van der Waals surface area contributed by atoms with E-state index in [4.69, 9.17) is 17.3 Å². The number of carbonyl (C=O) groups is 2. The maximum absolute atomic E-state index is 13.6. The highest BCUT2D eigenvalue weighted by atomic mass is 35.5. The molecule has 3 saturated carbocycles. The molecule has 2 heterocycles. The molecule has 2 amide bonds. The number of carbonyl (C=O) groups excluding carboxylic acids is 2. The second-order valence-electron chi connectivity index (χ2n) is 10.0. The summed E-state index contributed by atoms with van der Waals surface area (Å²) in [5, 5.41) is 4.47. The number of hydrogen-bond donors (Lipinski definition) is 1. The van der Waals surface area contributed by atoms with Gasteiger partial charge in [-0.3, -0.25) is 18.7 Å². The lowest BCUT2D eigenvalue weighted by Crippen LogP contribution is -2.46. The zero-order valence-electron chi connectivity index (χ0n) is 18.4. The van der Waals surface area contributed by atoms with Gasteiger partial charge in [0.25, 0.3) is 5.91 Å². The summed E-state index contributed by atoms with van der Waals surface area (Å²) < 4.78 is 28.8. The van der Waals surface area contributed by atoms with Crippen molar-refractivity contribution in [2.45, 2.75) is 58.0 Å². The predicted molar refractivity (Wildman–Crippen MR) is 120 cm³/mol. The standard InChI is InChI=1S/C24H27ClF2N4O2/c25-16-11-15(1-2-17(16)27)21-20(22(28)33)18-13-30(9-10-31(18)29-21)19(32)12-23-3-6-24(14-26,7-4-23)8-5-23/h1-2,11H,3-10,12-14H2,(H2,28,33). The van der Waals surface area contributed by atoms with Gasteiger partial charge >= 0.3 is 0 Å². The molecular formula is C24H27ClF2N4O2. The molecule has 2 bridgehead atoms. The van der Waals surface area contributed by atoms with E-state index in [0.29, 0.717) is 36.5 Å². The number of aromatic nitrogens is 2. The van der Waals surface area contributed by atoms with Gasteiger partial charge in [0.15, 0.2) is 0 Å². The summed E-state index contributed by atoms with van der Waals surface area (Å²) in [5.74, 6) is -1.16. The summed E-state index contributed by atoms with van der Waals surface area (Å²) in [6, 6.07) is 4.15. The van der Waals surface area contributed by atoms with Gasteiger partial charge in [0, 0.05) is 18.5 Å². The van der Waals surface area contributed by atoms with Crippen LogP contribution in [0.5, 0.6) is 0 Å². The number of alkyl halides is 1. The largest absolute Gasteiger partial charge is 0.365 e. The van der Waals surface area contributed by atoms with Gasteiger partial charge in [0.2, 0.25) is 5.91 Å². The van der Waals surface area contributed by atoms with Gasteiger partial charge in [0.1, 0.15) is 11.5 Å². The lowest BCUT2D eigenvalue weighted by atomic mass is 9.53. The van der Waals surface area contributed by atoms with Crippen LogP contribution in [0, 0.1) is 16.6 Å². The molecule has 9 heteroatoms. The fourth-order valence-corrected chi connectivity index (χ4v) is 6.05. The van der Waals surface area contributed by atoms with Crippen LogP contribution < -0.4 is 5.73 Å². The van der Waals surface area contributed by atoms with E-state index in [0.717, 1.165) is 38.5 Å². The minimum absolute atomic E-state index is 0.0335. The predicted octanol–water partition coefficient (Wildman–Crippen LogP) is 4.48. The molecular weight excluding hydrogens is 450 g/mol. The van der Waals surface area contributed by atoms with Gasteiger partial charge in [0.05, 0.1) is 36.0 Å². The van der Waals surface area contributed by atoms with Crippen molar-refractivity contribution in [3.8, 4) is 11.3 Å². The van der Waals surface area contributed by atoms with E-state index < -0.39 is 11.7 Å². The third kappa shape index (κ3) is 3.82. The van der Waals surface area contributed by atoms with Crippen molar-refractivity contribution < 1.29 is 18.4 Å². The van der Waals surface area contributed by atoms with Crippen LogP contribution in [0.3, 0.4) is 0 Å². The minimum Gasteiger partial charge on any atom is -0.365 e. The van der Waals surface area contributed by atoms with Crippen LogP contribution in [0.1, 0.15) is 61.0 Å². The molecule has 3 fully saturated rings. The first kappa shape index (κ1) is 22.3.